The molecule has 2 fully saturated rings. The van der Waals surface area contributed by atoms with Gasteiger partial charge >= 0.3 is 12.2 Å². The summed E-state index contributed by atoms with van der Waals surface area (Å²) >= 11 is 0. The third-order valence-electron chi connectivity index (χ3n) is 7.10. The van der Waals surface area contributed by atoms with E-state index in [2.05, 4.69) is 29.1 Å². The van der Waals surface area contributed by atoms with Crippen LogP contribution in [0.25, 0.3) is 5.65 Å². The Hall–Kier alpha value is -3.82. The van der Waals surface area contributed by atoms with Crippen LogP contribution in [0.4, 0.5) is 9.59 Å². The van der Waals surface area contributed by atoms with Crippen molar-refractivity contribution in [1.82, 2.24) is 24.4 Å². The smallest absolute Gasteiger partial charge is 0.410 e. The predicted molar refractivity (Wildman–Crippen MR) is 131 cm³/mol. The molecule has 0 radical (unpaired) electrons. The number of hydrogen-bond donors (Lipinski definition) is 1. The van der Waals surface area contributed by atoms with Gasteiger partial charge in [0.05, 0.1) is 19.3 Å². The van der Waals surface area contributed by atoms with Crippen LogP contribution in [0.1, 0.15) is 42.6 Å². The van der Waals surface area contributed by atoms with E-state index in [1.54, 1.807) is 9.42 Å². The number of likely N-dealkylation sites (tertiary alicyclic amines) is 1. The molecule has 10 nitrogen and oxygen atoms in total. The number of pyridine rings is 1. The van der Waals surface area contributed by atoms with Gasteiger partial charge in [-0.15, -0.1) is 0 Å². The molecule has 2 aromatic heterocycles. The van der Waals surface area contributed by atoms with Crippen molar-refractivity contribution in [1.29, 1.82) is 0 Å². The van der Waals surface area contributed by atoms with Crippen molar-refractivity contribution in [3.05, 3.63) is 59.5 Å². The monoisotopic (exact) mass is 493 g/mol. The number of carbonyl (C=O) groups is 2. The molecule has 1 atom stereocenters. The van der Waals surface area contributed by atoms with Gasteiger partial charge in [0.15, 0.2) is 11.5 Å². The van der Waals surface area contributed by atoms with Gasteiger partial charge in [0.1, 0.15) is 11.4 Å². The molecule has 1 N–H and O–H groups in total. The third-order valence-corrected chi connectivity index (χ3v) is 7.10. The number of amides is 2. The normalized spacial score (nSPS) is 18.0. The number of hydrogen-bond acceptors (Lipinski definition) is 6. The minimum Gasteiger partial charge on any atom is -0.491 e. The topological polar surface area (TPSA) is 110 Å². The maximum absolute atomic E-state index is 12.5. The highest BCUT2D eigenvalue weighted by Crippen LogP contribution is 2.33. The molecule has 4 heterocycles. The molecule has 2 amide bonds. The first-order chi connectivity index (χ1) is 17.3. The fraction of sp³-hybridized carbons (Fsp3) is 0.462. The summed E-state index contributed by atoms with van der Waals surface area (Å²) in [6.07, 6.45) is 2.07. The largest absolute Gasteiger partial charge is 0.491 e. The van der Waals surface area contributed by atoms with E-state index in [0.717, 1.165) is 17.0 Å². The van der Waals surface area contributed by atoms with Gasteiger partial charge in [-0.05, 0) is 24.1 Å². The van der Waals surface area contributed by atoms with Gasteiger partial charge in [-0.1, -0.05) is 37.3 Å². The molecule has 0 saturated carbocycles. The molecule has 5 rings (SSSR count). The number of rotatable bonds is 7. The first-order valence-electron chi connectivity index (χ1n) is 12.3. The number of carboxylic acid groups (broad SMARTS) is 1. The lowest BCUT2D eigenvalue weighted by Gasteiger charge is -2.35. The van der Waals surface area contributed by atoms with Crippen LogP contribution >= 0.6 is 0 Å². The number of fused-ring (bicyclic) bond motifs is 1. The summed E-state index contributed by atoms with van der Waals surface area (Å²) in [7, 11) is 0. The van der Waals surface area contributed by atoms with E-state index in [-0.39, 0.29) is 12.0 Å². The number of ether oxygens (including phenoxy) is 2. The standard InChI is InChI=1S/C26H31N5O5/c1-18-14-21(35-16-19(2)20-6-4-3-5-7-20)15-31-23(18)27-22(28-31)8-11-30-17-26(36-25(30)34)9-12-29(13-10-26)24(32)33/h3-7,14-15,19H,8-13,16-17H2,1-2H3,(H,32,33)/t19-/m0/s1. The third kappa shape index (κ3) is 4.93. The molecule has 2 saturated heterocycles. The second kappa shape index (κ2) is 9.67. The SMILES string of the molecule is Cc1cc(OC[C@H](C)c2ccccc2)cn2nc(CCN3CC4(CCN(C(=O)O)CC4)OC3=O)nc12. The Bertz CT molecular complexity index is 1250. The second-order valence-electron chi connectivity index (χ2n) is 9.77. The highest BCUT2D eigenvalue weighted by molar-refractivity contribution is 5.71. The van der Waals surface area contributed by atoms with E-state index in [1.165, 1.54) is 10.5 Å². The minimum absolute atomic E-state index is 0.258. The van der Waals surface area contributed by atoms with Crippen molar-refractivity contribution in [3.63, 3.8) is 0 Å². The van der Waals surface area contributed by atoms with Crippen LogP contribution in [-0.4, -0.2) is 80.1 Å². The first-order valence-corrected chi connectivity index (χ1v) is 12.3. The van der Waals surface area contributed by atoms with Crippen molar-refractivity contribution in [2.75, 3.05) is 32.8 Å². The van der Waals surface area contributed by atoms with E-state index >= 15 is 0 Å². The van der Waals surface area contributed by atoms with Gasteiger partial charge in [0, 0.05) is 44.8 Å². The maximum Gasteiger partial charge on any atom is 0.410 e. The summed E-state index contributed by atoms with van der Waals surface area (Å²) in [5.41, 5.74) is 2.35. The summed E-state index contributed by atoms with van der Waals surface area (Å²) in [5, 5.41) is 13.8. The summed E-state index contributed by atoms with van der Waals surface area (Å²) in [5.74, 6) is 1.63. The molecule has 190 valence electrons. The Balaban J connectivity index is 1.19. The fourth-order valence-corrected chi connectivity index (χ4v) is 4.91. The zero-order valence-corrected chi connectivity index (χ0v) is 20.6. The van der Waals surface area contributed by atoms with Gasteiger partial charge in [0.2, 0.25) is 0 Å². The van der Waals surface area contributed by atoms with Crippen LogP contribution in [0.2, 0.25) is 0 Å². The molecular formula is C26H31N5O5. The molecule has 1 aromatic carbocycles. The van der Waals surface area contributed by atoms with Crippen LogP contribution in [-0.2, 0) is 11.2 Å². The van der Waals surface area contributed by atoms with Gasteiger partial charge in [-0.2, -0.15) is 5.10 Å². The van der Waals surface area contributed by atoms with Gasteiger partial charge in [-0.3, -0.25) is 0 Å². The number of benzene rings is 1. The van der Waals surface area contributed by atoms with Crippen LogP contribution in [0.3, 0.4) is 0 Å². The fourth-order valence-electron chi connectivity index (χ4n) is 4.91. The van der Waals surface area contributed by atoms with Crippen molar-refractivity contribution in [2.24, 2.45) is 0 Å². The van der Waals surface area contributed by atoms with E-state index in [4.69, 9.17) is 14.6 Å². The molecule has 0 unspecified atom stereocenters. The van der Waals surface area contributed by atoms with E-state index in [0.29, 0.717) is 57.9 Å². The molecule has 1 spiro atoms. The lowest BCUT2D eigenvalue weighted by atomic mass is 9.91. The van der Waals surface area contributed by atoms with Crippen molar-refractivity contribution >= 4 is 17.8 Å². The first kappa shape index (κ1) is 23.9. The lowest BCUT2D eigenvalue weighted by molar-refractivity contribution is 0.00432. The van der Waals surface area contributed by atoms with Crippen LogP contribution in [0.15, 0.2) is 42.6 Å². The summed E-state index contributed by atoms with van der Waals surface area (Å²) < 4.78 is 13.5. The van der Waals surface area contributed by atoms with Crippen LogP contribution in [0.5, 0.6) is 5.75 Å². The van der Waals surface area contributed by atoms with Gasteiger partial charge in [-0.25, -0.2) is 19.1 Å². The molecule has 10 heteroatoms. The molecule has 36 heavy (non-hydrogen) atoms. The summed E-state index contributed by atoms with van der Waals surface area (Å²) in [4.78, 5) is 31.4. The number of aromatic nitrogens is 3. The Morgan fingerprint density at radius 3 is 2.72 bits per heavy atom. The van der Waals surface area contributed by atoms with E-state index in [9.17, 15) is 9.59 Å². The van der Waals surface area contributed by atoms with Crippen LogP contribution < -0.4 is 4.74 Å². The summed E-state index contributed by atoms with van der Waals surface area (Å²) in [6.45, 7) is 6.32. The highest BCUT2D eigenvalue weighted by atomic mass is 16.6. The minimum atomic E-state index is -0.932. The van der Waals surface area contributed by atoms with Crippen molar-refractivity contribution in [3.8, 4) is 5.75 Å². The highest BCUT2D eigenvalue weighted by Gasteiger charge is 2.47. The van der Waals surface area contributed by atoms with E-state index < -0.39 is 11.7 Å². The van der Waals surface area contributed by atoms with Gasteiger partial charge < -0.3 is 24.4 Å². The quantitative estimate of drug-likeness (QED) is 0.534. The maximum atomic E-state index is 12.5. The molecular weight excluding hydrogens is 462 g/mol. The average molecular weight is 494 g/mol. The molecule has 2 aliphatic rings. The zero-order valence-electron chi connectivity index (χ0n) is 20.6. The molecule has 3 aromatic rings. The molecule has 0 bridgehead atoms. The van der Waals surface area contributed by atoms with Crippen molar-refractivity contribution < 1.29 is 24.2 Å². The molecule has 0 aliphatic carbocycles. The second-order valence-corrected chi connectivity index (χ2v) is 9.77. The lowest BCUT2D eigenvalue weighted by Crippen LogP contribution is -2.48. The predicted octanol–water partition coefficient (Wildman–Crippen LogP) is 3.73. The Morgan fingerprint density at radius 2 is 2.00 bits per heavy atom. The number of nitrogens with zero attached hydrogens (tertiary/aromatic N) is 5. The number of piperidine rings is 1. The zero-order chi connectivity index (χ0) is 25.3. The Kier molecular flexibility index (Phi) is 6.42. The molecule has 2 aliphatic heterocycles. The van der Waals surface area contributed by atoms with Gasteiger partial charge in [0.25, 0.3) is 0 Å². The Morgan fingerprint density at radius 1 is 1.25 bits per heavy atom. The van der Waals surface area contributed by atoms with Crippen LogP contribution in [0, 0.1) is 6.92 Å². The number of carbonyl (C=O) groups excluding carboxylic acids is 1. The van der Waals surface area contributed by atoms with Crippen molar-refractivity contribution in [2.45, 2.75) is 44.6 Å². The average Bonchev–Trinajstić information content (AvgIpc) is 3.42. The Labute approximate surface area is 209 Å². The summed E-state index contributed by atoms with van der Waals surface area (Å²) in [6, 6.07) is 12.2. The van der Waals surface area contributed by atoms with E-state index in [1.807, 2.05) is 37.4 Å². The number of aryl methyl sites for hydroxylation is 1.